The predicted octanol–water partition coefficient (Wildman–Crippen LogP) is 4.78. The summed E-state index contributed by atoms with van der Waals surface area (Å²) in [5.74, 6) is -1.56. The van der Waals surface area contributed by atoms with E-state index in [4.69, 9.17) is 21.1 Å². The third-order valence-corrected chi connectivity index (χ3v) is 6.34. The Kier molecular flexibility index (Phi) is 7.38. The van der Waals surface area contributed by atoms with Crippen LogP contribution in [-0.2, 0) is 19.1 Å². The topological polar surface area (TPSA) is 90.7 Å². The second-order valence-electron chi connectivity index (χ2n) is 8.88. The molecule has 0 bridgehead atoms. The lowest BCUT2D eigenvalue weighted by atomic mass is 10.0. The number of benzene rings is 1. The minimum atomic E-state index is -1.52. The van der Waals surface area contributed by atoms with Crippen LogP contribution in [0.2, 0.25) is 5.02 Å². The van der Waals surface area contributed by atoms with Crippen LogP contribution in [0, 0.1) is 6.92 Å². The molecule has 0 N–H and O–H groups in total. The highest BCUT2D eigenvalue weighted by atomic mass is 79.9. The number of alkyl halides is 1. The first kappa shape index (κ1) is 25.4. The molecule has 3 rings (SSSR count). The standard InChI is InChI=1S/C22H26BrClFN3O5/c1-6-32-20(30)18(28-10-13-15(24)8-14(23)11(2)17(13)26-28)19(29)16-7-12(25)9-27(16)21(31)33-22(3,4)5/h8,10,12,16,18H,6-7,9H2,1-5H3/t12-,16+,18?/m1/s1. The lowest BCUT2D eigenvalue weighted by molar-refractivity contribution is -0.152. The Morgan fingerprint density at radius 1 is 1.36 bits per heavy atom. The number of Topliss-reactive ketones (excluding diaryl/α,β-unsaturated/α-hetero) is 1. The highest BCUT2D eigenvalue weighted by molar-refractivity contribution is 9.10. The van der Waals surface area contributed by atoms with Crippen LogP contribution in [0.25, 0.3) is 10.9 Å². The normalized spacial score (nSPS) is 19.6. The number of amides is 1. The molecule has 1 aliphatic heterocycles. The third kappa shape index (κ3) is 5.32. The van der Waals surface area contributed by atoms with Crippen LogP contribution in [0.15, 0.2) is 16.7 Å². The fourth-order valence-electron chi connectivity index (χ4n) is 3.72. The van der Waals surface area contributed by atoms with Gasteiger partial charge in [0.25, 0.3) is 0 Å². The number of ether oxygens (including phenoxy) is 2. The van der Waals surface area contributed by atoms with Gasteiger partial charge in [-0.25, -0.2) is 18.7 Å². The number of fused-ring (bicyclic) bond motifs is 1. The molecule has 1 aliphatic rings. The molecule has 2 heterocycles. The van der Waals surface area contributed by atoms with Crippen molar-refractivity contribution < 1.29 is 28.2 Å². The van der Waals surface area contributed by atoms with E-state index in [2.05, 4.69) is 21.0 Å². The third-order valence-electron chi connectivity index (χ3n) is 5.21. The van der Waals surface area contributed by atoms with Gasteiger partial charge in [0.05, 0.1) is 29.7 Å². The van der Waals surface area contributed by atoms with Gasteiger partial charge in [0.1, 0.15) is 11.8 Å². The number of esters is 1. The van der Waals surface area contributed by atoms with Gasteiger partial charge in [0.15, 0.2) is 5.78 Å². The molecule has 0 spiro atoms. The molecule has 1 amide bonds. The molecule has 2 aromatic rings. The molecule has 180 valence electrons. The number of hydrogen-bond acceptors (Lipinski definition) is 6. The maximum atomic E-state index is 14.3. The second kappa shape index (κ2) is 9.58. The summed E-state index contributed by atoms with van der Waals surface area (Å²) in [7, 11) is 0. The van der Waals surface area contributed by atoms with Crippen molar-refractivity contribution in [3.8, 4) is 0 Å². The van der Waals surface area contributed by atoms with Crippen molar-refractivity contribution in [3.63, 3.8) is 0 Å². The Morgan fingerprint density at radius 2 is 2.03 bits per heavy atom. The molecule has 1 fully saturated rings. The zero-order chi connectivity index (χ0) is 24.7. The van der Waals surface area contributed by atoms with Crippen LogP contribution >= 0.6 is 27.5 Å². The largest absolute Gasteiger partial charge is 0.464 e. The van der Waals surface area contributed by atoms with Crippen molar-refractivity contribution in [2.24, 2.45) is 0 Å². The number of rotatable bonds is 5. The molecule has 33 heavy (non-hydrogen) atoms. The monoisotopic (exact) mass is 545 g/mol. The van der Waals surface area contributed by atoms with E-state index in [1.165, 1.54) is 10.9 Å². The van der Waals surface area contributed by atoms with Crippen molar-refractivity contribution in [1.29, 1.82) is 0 Å². The maximum absolute atomic E-state index is 14.3. The van der Waals surface area contributed by atoms with Gasteiger partial charge in [-0.1, -0.05) is 27.5 Å². The van der Waals surface area contributed by atoms with Crippen molar-refractivity contribution in [3.05, 3.63) is 27.3 Å². The minimum absolute atomic E-state index is 0.0287. The fraction of sp³-hybridized carbons (Fsp3) is 0.545. The number of nitrogens with zero attached hydrogens (tertiary/aromatic N) is 3. The number of carbonyl (C=O) groups is 3. The molecule has 0 aliphatic carbocycles. The SMILES string of the molecule is CCOC(=O)C(C(=O)[C@@H]1C[C@@H](F)CN1C(=O)OC(C)(C)C)n1cc2c(Cl)cc(Br)c(C)c2n1. The zero-order valence-electron chi connectivity index (χ0n) is 19.0. The smallest absolute Gasteiger partial charge is 0.411 e. The first-order valence-corrected chi connectivity index (χ1v) is 11.7. The molecule has 1 unspecified atom stereocenters. The average Bonchev–Trinajstić information content (AvgIpc) is 3.30. The number of hydrogen-bond donors (Lipinski definition) is 0. The molecular formula is C22H26BrClFN3O5. The Morgan fingerprint density at radius 3 is 2.64 bits per heavy atom. The van der Waals surface area contributed by atoms with E-state index in [-0.39, 0.29) is 19.6 Å². The number of likely N-dealkylation sites (tertiary alicyclic amines) is 1. The fourth-order valence-corrected chi connectivity index (χ4v) is 4.52. The first-order valence-electron chi connectivity index (χ1n) is 10.5. The van der Waals surface area contributed by atoms with E-state index in [0.29, 0.717) is 15.9 Å². The summed E-state index contributed by atoms with van der Waals surface area (Å²) in [6, 6.07) is -1.03. The van der Waals surface area contributed by atoms with E-state index >= 15 is 0 Å². The summed E-state index contributed by atoms with van der Waals surface area (Å²) >= 11 is 9.75. The van der Waals surface area contributed by atoms with Crippen LogP contribution < -0.4 is 0 Å². The Hall–Kier alpha value is -2.20. The Bertz CT molecular complexity index is 1100. The van der Waals surface area contributed by atoms with E-state index in [0.717, 1.165) is 14.9 Å². The lowest BCUT2D eigenvalue weighted by Crippen LogP contribution is -2.47. The van der Waals surface area contributed by atoms with E-state index < -0.39 is 41.7 Å². The van der Waals surface area contributed by atoms with Crippen LogP contribution in [0.1, 0.15) is 45.7 Å². The molecule has 3 atom stereocenters. The summed E-state index contributed by atoms with van der Waals surface area (Å²) in [4.78, 5) is 40.1. The van der Waals surface area contributed by atoms with Gasteiger partial charge in [-0.05, 0) is 46.2 Å². The first-order chi connectivity index (χ1) is 15.3. The molecule has 1 aromatic carbocycles. The predicted molar refractivity (Wildman–Crippen MR) is 124 cm³/mol. The second-order valence-corrected chi connectivity index (χ2v) is 10.1. The van der Waals surface area contributed by atoms with Gasteiger partial charge in [-0.3, -0.25) is 9.69 Å². The summed E-state index contributed by atoms with van der Waals surface area (Å²) in [5, 5.41) is 5.35. The van der Waals surface area contributed by atoms with Gasteiger partial charge in [0, 0.05) is 22.5 Å². The van der Waals surface area contributed by atoms with Crippen LogP contribution in [0.4, 0.5) is 9.18 Å². The molecular weight excluding hydrogens is 521 g/mol. The van der Waals surface area contributed by atoms with Crippen LogP contribution in [0.5, 0.6) is 0 Å². The highest BCUT2D eigenvalue weighted by Gasteiger charge is 2.46. The van der Waals surface area contributed by atoms with E-state index in [9.17, 15) is 18.8 Å². The van der Waals surface area contributed by atoms with Gasteiger partial charge in [0.2, 0.25) is 6.04 Å². The maximum Gasteiger partial charge on any atom is 0.411 e. The number of aromatic nitrogens is 2. The molecule has 0 radical (unpaired) electrons. The zero-order valence-corrected chi connectivity index (χ0v) is 21.4. The Labute approximate surface area is 204 Å². The minimum Gasteiger partial charge on any atom is -0.464 e. The summed E-state index contributed by atoms with van der Waals surface area (Å²) < 4.78 is 26.7. The van der Waals surface area contributed by atoms with Gasteiger partial charge < -0.3 is 9.47 Å². The van der Waals surface area contributed by atoms with Crippen LogP contribution in [-0.4, -0.2) is 63.5 Å². The number of ketones is 1. The molecule has 1 saturated heterocycles. The number of aryl methyl sites for hydroxylation is 1. The van der Waals surface area contributed by atoms with E-state index in [1.807, 2.05) is 6.92 Å². The highest BCUT2D eigenvalue weighted by Crippen LogP contribution is 2.33. The van der Waals surface area contributed by atoms with Crippen molar-refractivity contribution in [2.45, 2.75) is 64.9 Å². The average molecular weight is 547 g/mol. The molecule has 8 nitrogen and oxygen atoms in total. The van der Waals surface area contributed by atoms with Crippen molar-refractivity contribution in [2.75, 3.05) is 13.2 Å². The molecule has 0 saturated carbocycles. The summed E-state index contributed by atoms with van der Waals surface area (Å²) in [6.07, 6.45) is -1.02. The van der Waals surface area contributed by atoms with Gasteiger partial charge in [-0.15, -0.1) is 0 Å². The van der Waals surface area contributed by atoms with Crippen LogP contribution in [0.3, 0.4) is 0 Å². The Balaban J connectivity index is 2.04. The lowest BCUT2D eigenvalue weighted by Gasteiger charge is -2.29. The van der Waals surface area contributed by atoms with E-state index in [1.54, 1.807) is 33.8 Å². The molecule has 11 heteroatoms. The van der Waals surface area contributed by atoms with Crippen molar-refractivity contribution >= 4 is 56.3 Å². The number of halogens is 3. The van der Waals surface area contributed by atoms with Crippen molar-refractivity contribution in [1.82, 2.24) is 14.7 Å². The summed E-state index contributed by atoms with van der Waals surface area (Å²) in [5.41, 5.74) is 0.430. The quantitative estimate of drug-likeness (QED) is 0.396. The number of carbonyl (C=O) groups excluding carboxylic acids is 3. The summed E-state index contributed by atoms with van der Waals surface area (Å²) in [6.45, 7) is 8.16. The van der Waals surface area contributed by atoms with Gasteiger partial charge >= 0.3 is 12.1 Å². The van der Waals surface area contributed by atoms with Gasteiger partial charge in [-0.2, -0.15) is 5.10 Å². The molecule has 1 aromatic heterocycles.